The molecule has 0 heteroatoms. The van der Waals surface area contributed by atoms with Gasteiger partial charge in [0.25, 0.3) is 0 Å². The van der Waals surface area contributed by atoms with Gasteiger partial charge in [0.1, 0.15) is 0 Å². The fraction of sp³-hybridized carbons (Fsp3) is 0.524. The van der Waals surface area contributed by atoms with E-state index in [0.29, 0.717) is 0 Å². The van der Waals surface area contributed by atoms with Crippen molar-refractivity contribution >= 4 is 0 Å². The smallest absolute Gasteiger partial charge is 0.00624 e. The molecule has 2 aliphatic carbocycles. The van der Waals surface area contributed by atoms with Gasteiger partial charge in [0.05, 0.1) is 0 Å². The largest absolute Gasteiger partial charge is 0.0746 e. The van der Waals surface area contributed by atoms with E-state index < -0.39 is 0 Å². The molecule has 0 aliphatic heterocycles. The van der Waals surface area contributed by atoms with Gasteiger partial charge in [-0.05, 0) is 81.1 Å². The molecule has 0 spiro atoms. The molecule has 0 atom stereocenters. The molecule has 21 heavy (non-hydrogen) atoms. The molecular weight excluding hydrogens is 252 g/mol. The molecule has 0 saturated heterocycles. The van der Waals surface area contributed by atoms with Crippen LogP contribution in [0.15, 0.2) is 46.4 Å². The first-order valence-corrected chi connectivity index (χ1v) is 8.49. The van der Waals surface area contributed by atoms with Crippen molar-refractivity contribution in [1.82, 2.24) is 0 Å². The summed E-state index contributed by atoms with van der Waals surface area (Å²) in [6.45, 7) is 2.21. The van der Waals surface area contributed by atoms with Gasteiger partial charge in [-0.25, -0.2) is 0 Å². The Kier molecular flexibility index (Phi) is 6.97. The predicted molar refractivity (Wildman–Crippen MR) is 90.9 cm³/mol. The van der Waals surface area contributed by atoms with Crippen LogP contribution in [-0.4, -0.2) is 0 Å². The first-order chi connectivity index (χ1) is 10.4. The molecule has 0 heterocycles. The molecule has 0 N–H and O–H groups in total. The van der Waals surface area contributed by atoms with Gasteiger partial charge in [0.15, 0.2) is 0 Å². The van der Waals surface area contributed by atoms with Gasteiger partial charge in [-0.1, -0.05) is 42.7 Å². The molecule has 2 rings (SSSR count). The van der Waals surface area contributed by atoms with E-state index in [1.807, 2.05) is 0 Å². The average molecular weight is 278 g/mol. The molecule has 0 aromatic heterocycles. The van der Waals surface area contributed by atoms with E-state index in [1.165, 1.54) is 61.7 Å². The van der Waals surface area contributed by atoms with Crippen molar-refractivity contribution in [2.45, 2.75) is 71.1 Å². The van der Waals surface area contributed by atoms with Gasteiger partial charge >= 0.3 is 0 Å². The minimum Gasteiger partial charge on any atom is -0.0746 e. The van der Waals surface area contributed by atoms with Crippen molar-refractivity contribution in [2.24, 2.45) is 0 Å². The maximum Gasteiger partial charge on any atom is 0.00624 e. The van der Waals surface area contributed by atoms with Gasteiger partial charge in [-0.2, -0.15) is 0 Å². The van der Waals surface area contributed by atoms with Crippen molar-refractivity contribution in [2.75, 3.05) is 0 Å². The van der Waals surface area contributed by atoms with Crippen LogP contribution < -0.4 is 0 Å². The van der Waals surface area contributed by atoms with Crippen LogP contribution >= 0.6 is 0 Å². The Morgan fingerprint density at radius 2 is 2.00 bits per heavy atom. The second-order valence-electron chi connectivity index (χ2n) is 5.86. The monoisotopic (exact) mass is 278 g/mol. The Morgan fingerprint density at radius 1 is 1.05 bits per heavy atom. The summed E-state index contributed by atoms with van der Waals surface area (Å²) in [6.07, 6.45) is 18.6. The van der Waals surface area contributed by atoms with Gasteiger partial charge in [0, 0.05) is 5.57 Å². The molecule has 0 nitrogen and oxygen atoms in total. The molecule has 0 aromatic rings. The van der Waals surface area contributed by atoms with Crippen LogP contribution in [0.3, 0.4) is 0 Å². The van der Waals surface area contributed by atoms with Crippen LogP contribution in [0.25, 0.3) is 0 Å². The Balaban J connectivity index is 2.03. The SMILES string of the molecule is CCCCC=C=C=CC1=C(C#CC2=CCCCC2)CCC1. The van der Waals surface area contributed by atoms with E-state index in [2.05, 4.69) is 48.5 Å². The Bertz CT molecular complexity index is 559. The maximum atomic E-state index is 3.41. The van der Waals surface area contributed by atoms with Crippen LogP contribution in [0, 0.1) is 11.8 Å². The lowest BCUT2D eigenvalue weighted by Crippen LogP contribution is -1.88. The highest BCUT2D eigenvalue weighted by Gasteiger charge is 2.10. The van der Waals surface area contributed by atoms with E-state index in [1.54, 1.807) is 0 Å². The predicted octanol–water partition coefficient (Wildman–Crippen LogP) is 6.03. The zero-order valence-electron chi connectivity index (χ0n) is 13.3. The summed E-state index contributed by atoms with van der Waals surface area (Å²) in [5.74, 6) is 6.80. The summed E-state index contributed by atoms with van der Waals surface area (Å²) in [6, 6.07) is 0. The number of rotatable bonds is 4. The molecule has 0 fully saturated rings. The molecule has 0 unspecified atom stereocenters. The Morgan fingerprint density at radius 3 is 2.81 bits per heavy atom. The third-order valence-electron chi connectivity index (χ3n) is 4.06. The van der Waals surface area contributed by atoms with Gasteiger partial charge in [-0.3, -0.25) is 0 Å². The van der Waals surface area contributed by atoms with Crippen molar-refractivity contribution in [3.8, 4) is 11.8 Å². The lowest BCUT2D eigenvalue weighted by molar-refractivity contribution is 0.715. The highest BCUT2D eigenvalue weighted by atomic mass is 14.1. The van der Waals surface area contributed by atoms with Crippen molar-refractivity contribution < 1.29 is 0 Å². The fourth-order valence-corrected chi connectivity index (χ4v) is 2.74. The molecule has 110 valence electrons. The van der Waals surface area contributed by atoms with Crippen LogP contribution in [-0.2, 0) is 0 Å². The number of hydrogen-bond acceptors (Lipinski definition) is 0. The van der Waals surface area contributed by atoms with E-state index in [0.717, 1.165) is 19.3 Å². The van der Waals surface area contributed by atoms with Gasteiger partial charge in [-0.15, -0.1) is 0 Å². The number of unbranched alkanes of at least 4 members (excludes halogenated alkanes) is 2. The highest BCUT2D eigenvalue weighted by molar-refractivity contribution is 5.45. The summed E-state index contributed by atoms with van der Waals surface area (Å²) in [4.78, 5) is 0. The quantitative estimate of drug-likeness (QED) is 0.335. The fourth-order valence-electron chi connectivity index (χ4n) is 2.74. The first kappa shape index (κ1) is 15.7. The normalized spacial score (nSPS) is 17.3. The maximum absolute atomic E-state index is 3.41. The summed E-state index contributed by atoms with van der Waals surface area (Å²) in [7, 11) is 0. The minimum atomic E-state index is 1.11. The third kappa shape index (κ3) is 5.69. The standard InChI is InChI=1S/C21H26/c1-2-3-4-5-6-10-14-20-15-11-16-21(20)18-17-19-12-8-7-9-13-19/h5,12,14H,2-4,7-9,11,13,15-16H2,1H3. The highest BCUT2D eigenvalue weighted by Crippen LogP contribution is 2.26. The average Bonchev–Trinajstić information content (AvgIpc) is 2.97. The van der Waals surface area contributed by atoms with Crippen LogP contribution in [0.1, 0.15) is 71.1 Å². The van der Waals surface area contributed by atoms with Gasteiger partial charge < -0.3 is 0 Å². The zero-order chi connectivity index (χ0) is 14.8. The van der Waals surface area contributed by atoms with Crippen molar-refractivity contribution in [1.29, 1.82) is 0 Å². The van der Waals surface area contributed by atoms with E-state index in [9.17, 15) is 0 Å². The summed E-state index contributed by atoms with van der Waals surface area (Å²) in [5.41, 5.74) is 10.4. The lowest BCUT2D eigenvalue weighted by Gasteiger charge is -2.05. The molecule has 0 radical (unpaired) electrons. The summed E-state index contributed by atoms with van der Waals surface area (Å²) in [5, 5.41) is 0. The molecule has 0 amide bonds. The number of hydrogen-bond donors (Lipinski definition) is 0. The summed E-state index contributed by atoms with van der Waals surface area (Å²) < 4.78 is 0. The third-order valence-corrected chi connectivity index (χ3v) is 4.06. The Labute approximate surface area is 130 Å². The van der Waals surface area contributed by atoms with E-state index in [4.69, 9.17) is 0 Å². The number of allylic oxidation sites excluding steroid dienone is 6. The van der Waals surface area contributed by atoms with Crippen LogP contribution in [0.2, 0.25) is 0 Å². The molecule has 0 saturated carbocycles. The van der Waals surface area contributed by atoms with Crippen LogP contribution in [0.4, 0.5) is 0 Å². The van der Waals surface area contributed by atoms with Crippen LogP contribution in [0.5, 0.6) is 0 Å². The zero-order valence-corrected chi connectivity index (χ0v) is 13.3. The molecule has 0 aromatic carbocycles. The second-order valence-corrected chi connectivity index (χ2v) is 5.86. The van der Waals surface area contributed by atoms with Gasteiger partial charge in [0.2, 0.25) is 0 Å². The minimum absolute atomic E-state index is 1.11. The second kappa shape index (κ2) is 9.31. The molecule has 2 aliphatic rings. The van der Waals surface area contributed by atoms with Crippen molar-refractivity contribution in [3.63, 3.8) is 0 Å². The molecular formula is C21H26. The topological polar surface area (TPSA) is 0 Å². The summed E-state index contributed by atoms with van der Waals surface area (Å²) >= 11 is 0. The van der Waals surface area contributed by atoms with E-state index in [-0.39, 0.29) is 0 Å². The lowest BCUT2D eigenvalue weighted by atomic mass is 9.99. The molecule has 0 bridgehead atoms. The van der Waals surface area contributed by atoms with E-state index >= 15 is 0 Å². The first-order valence-electron chi connectivity index (χ1n) is 8.49. The Hall–Kier alpha value is -1.66. The van der Waals surface area contributed by atoms with Crippen molar-refractivity contribution in [3.05, 3.63) is 46.4 Å².